The van der Waals surface area contributed by atoms with Crippen LogP contribution in [0.2, 0.25) is 0 Å². The molecule has 0 aromatic carbocycles. The largest absolute Gasteiger partial charge is 0.465 e. The summed E-state index contributed by atoms with van der Waals surface area (Å²) in [6.07, 6.45) is 2.53. The first-order valence-corrected chi connectivity index (χ1v) is 7.21. The van der Waals surface area contributed by atoms with Crippen LogP contribution < -0.4 is 5.32 Å². The standard InChI is InChI=1S/C15H26N2O/c1-4-8-16-10-14-7-9-17(11-14)13(3)15-6-5-12(2)18-15/h5-6,13-14,16H,4,7-11H2,1-3H3. The third kappa shape index (κ3) is 3.36. The summed E-state index contributed by atoms with van der Waals surface area (Å²) in [6, 6.07) is 4.58. The van der Waals surface area contributed by atoms with Gasteiger partial charge in [0.1, 0.15) is 11.5 Å². The molecular weight excluding hydrogens is 224 g/mol. The number of nitrogens with one attached hydrogen (secondary N) is 1. The minimum atomic E-state index is 0.412. The highest BCUT2D eigenvalue weighted by Crippen LogP contribution is 2.28. The minimum Gasteiger partial charge on any atom is -0.465 e. The molecule has 0 spiro atoms. The van der Waals surface area contributed by atoms with E-state index in [1.165, 1.54) is 25.9 Å². The fraction of sp³-hybridized carbons (Fsp3) is 0.733. The molecule has 2 rings (SSSR count). The van der Waals surface area contributed by atoms with Crippen molar-refractivity contribution in [3.63, 3.8) is 0 Å². The number of aryl methyl sites for hydroxylation is 1. The second-order valence-corrected chi connectivity index (χ2v) is 5.48. The molecule has 102 valence electrons. The Kier molecular flexibility index (Phi) is 4.84. The maximum atomic E-state index is 5.73. The molecule has 2 heterocycles. The Morgan fingerprint density at radius 3 is 3.00 bits per heavy atom. The summed E-state index contributed by atoms with van der Waals surface area (Å²) in [5.41, 5.74) is 0. The van der Waals surface area contributed by atoms with E-state index in [9.17, 15) is 0 Å². The lowest BCUT2D eigenvalue weighted by Gasteiger charge is -2.22. The molecule has 1 saturated heterocycles. The van der Waals surface area contributed by atoms with Gasteiger partial charge in [-0.05, 0) is 64.4 Å². The first-order chi connectivity index (χ1) is 8.70. The number of hydrogen-bond acceptors (Lipinski definition) is 3. The van der Waals surface area contributed by atoms with E-state index >= 15 is 0 Å². The maximum Gasteiger partial charge on any atom is 0.121 e. The van der Waals surface area contributed by atoms with Gasteiger partial charge in [-0.25, -0.2) is 0 Å². The summed E-state index contributed by atoms with van der Waals surface area (Å²) in [6.45, 7) is 11.2. The zero-order valence-corrected chi connectivity index (χ0v) is 11.9. The third-order valence-corrected chi connectivity index (χ3v) is 3.90. The predicted molar refractivity (Wildman–Crippen MR) is 74.7 cm³/mol. The van der Waals surface area contributed by atoms with Crippen LogP contribution in [-0.4, -0.2) is 31.1 Å². The molecule has 1 N–H and O–H groups in total. The third-order valence-electron chi connectivity index (χ3n) is 3.90. The molecule has 1 fully saturated rings. The van der Waals surface area contributed by atoms with Gasteiger partial charge in [0, 0.05) is 6.54 Å². The van der Waals surface area contributed by atoms with E-state index < -0.39 is 0 Å². The fourth-order valence-electron chi connectivity index (χ4n) is 2.72. The average Bonchev–Trinajstić information content (AvgIpc) is 2.98. The Morgan fingerprint density at radius 1 is 1.50 bits per heavy atom. The Balaban J connectivity index is 1.81. The van der Waals surface area contributed by atoms with Crippen molar-refractivity contribution < 1.29 is 4.42 Å². The molecule has 0 amide bonds. The molecule has 1 aromatic rings. The zero-order chi connectivity index (χ0) is 13.0. The number of nitrogens with zero attached hydrogens (tertiary/aromatic N) is 1. The van der Waals surface area contributed by atoms with Gasteiger partial charge in [0.2, 0.25) is 0 Å². The minimum absolute atomic E-state index is 0.412. The molecule has 2 unspecified atom stereocenters. The van der Waals surface area contributed by atoms with E-state index in [1.54, 1.807) is 0 Å². The lowest BCUT2D eigenvalue weighted by molar-refractivity contribution is 0.221. The van der Waals surface area contributed by atoms with Crippen LogP contribution in [0.15, 0.2) is 16.5 Å². The molecule has 2 atom stereocenters. The first kappa shape index (κ1) is 13.6. The molecule has 0 aliphatic carbocycles. The summed E-state index contributed by atoms with van der Waals surface area (Å²) in [5, 5.41) is 3.53. The van der Waals surface area contributed by atoms with Gasteiger partial charge < -0.3 is 9.73 Å². The second-order valence-electron chi connectivity index (χ2n) is 5.48. The molecule has 18 heavy (non-hydrogen) atoms. The van der Waals surface area contributed by atoms with Crippen molar-refractivity contribution in [3.8, 4) is 0 Å². The summed E-state index contributed by atoms with van der Waals surface area (Å²) in [4.78, 5) is 2.54. The highest BCUT2D eigenvalue weighted by atomic mass is 16.3. The van der Waals surface area contributed by atoms with Crippen LogP contribution >= 0.6 is 0 Å². The quantitative estimate of drug-likeness (QED) is 0.787. The smallest absolute Gasteiger partial charge is 0.121 e. The van der Waals surface area contributed by atoms with Gasteiger partial charge in [0.05, 0.1) is 6.04 Å². The molecule has 1 aromatic heterocycles. The molecular formula is C15H26N2O. The Bertz CT molecular complexity index is 361. The molecule has 3 heteroatoms. The van der Waals surface area contributed by atoms with Gasteiger partial charge in [-0.15, -0.1) is 0 Å². The Labute approximate surface area is 111 Å². The van der Waals surface area contributed by atoms with Crippen LogP contribution in [0, 0.1) is 12.8 Å². The van der Waals surface area contributed by atoms with Crippen LogP contribution in [-0.2, 0) is 0 Å². The van der Waals surface area contributed by atoms with Crippen LogP contribution in [0.3, 0.4) is 0 Å². The molecule has 1 aliphatic rings. The van der Waals surface area contributed by atoms with Crippen LogP contribution in [0.5, 0.6) is 0 Å². The number of furan rings is 1. The Morgan fingerprint density at radius 2 is 2.33 bits per heavy atom. The van der Waals surface area contributed by atoms with Gasteiger partial charge in [-0.1, -0.05) is 6.92 Å². The SMILES string of the molecule is CCCNCC1CCN(C(C)c2ccc(C)o2)C1. The van der Waals surface area contributed by atoms with E-state index in [0.29, 0.717) is 6.04 Å². The second kappa shape index (κ2) is 6.39. The number of hydrogen-bond donors (Lipinski definition) is 1. The van der Waals surface area contributed by atoms with Crippen LogP contribution in [0.1, 0.15) is 44.3 Å². The molecule has 0 bridgehead atoms. The number of likely N-dealkylation sites (tertiary alicyclic amines) is 1. The van der Waals surface area contributed by atoms with Crippen molar-refractivity contribution in [1.82, 2.24) is 10.2 Å². The van der Waals surface area contributed by atoms with Crippen molar-refractivity contribution in [2.75, 3.05) is 26.2 Å². The predicted octanol–water partition coefficient (Wildman–Crippen LogP) is 2.97. The van der Waals surface area contributed by atoms with Crippen molar-refractivity contribution in [1.29, 1.82) is 0 Å². The molecule has 1 aliphatic heterocycles. The van der Waals surface area contributed by atoms with Gasteiger partial charge >= 0.3 is 0 Å². The highest BCUT2D eigenvalue weighted by Gasteiger charge is 2.27. The van der Waals surface area contributed by atoms with Crippen molar-refractivity contribution in [2.45, 2.75) is 39.7 Å². The maximum absolute atomic E-state index is 5.73. The van der Waals surface area contributed by atoms with E-state index in [4.69, 9.17) is 4.42 Å². The van der Waals surface area contributed by atoms with Crippen molar-refractivity contribution in [2.24, 2.45) is 5.92 Å². The summed E-state index contributed by atoms with van der Waals surface area (Å²) in [5.74, 6) is 2.92. The molecule has 0 saturated carbocycles. The van der Waals surface area contributed by atoms with E-state index in [1.807, 2.05) is 6.92 Å². The fourth-order valence-corrected chi connectivity index (χ4v) is 2.72. The zero-order valence-electron chi connectivity index (χ0n) is 11.9. The topological polar surface area (TPSA) is 28.4 Å². The highest BCUT2D eigenvalue weighted by molar-refractivity contribution is 5.09. The lowest BCUT2D eigenvalue weighted by atomic mass is 10.1. The van der Waals surface area contributed by atoms with Crippen molar-refractivity contribution in [3.05, 3.63) is 23.7 Å². The average molecular weight is 250 g/mol. The van der Waals surface area contributed by atoms with Gasteiger partial charge in [-0.3, -0.25) is 4.90 Å². The van der Waals surface area contributed by atoms with Crippen LogP contribution in [0.4, 0.5) is 0 Å². The normalized spacial score (nSPS) is 22.5. The van der Waals surface area contributed by atoms with Crippen LogP contribution in [0.25, 0.3) is 0 Å². The van der Waals surface area contributed by atoms with Gasteiger partial charge in [0.15, 0.2) is 0 Å². The molecule has 0 radical (unpaired) electrons. The first-order valence-electron chi connectivity index (χ1n) is 7.21. The molecule has 3 nitrogen and oxygen atoms in total. The monoisotopic (exact) mass is 250 g/mol. The van der Waals surface area contributed by atoms with Crippen molar-refractivity contribution >= 4 is 0 Å². The Hall–Kier alpha value is -0.800. The number of rotatable bonds is 6. The summed E-state index contributed by atoms with van der Waals surface area (Å²) in [7, 11) is 0. The van der Waals surface area contributed by atoms with E-state index in [0.717, 1.165) is 30.5 Å². The summed E-state index contributed by atoms with van der Waals surface area (Å²) >= 11 is 0. The van der Waals surface area contributed by atoms with Gasteiger partial charge in [0.25, 0.3) is 0 Å². The van der Waals surface area contributed by atoms with E-state index in [-0.39, 0.29) is 0 Å². The summed E-state index contributed by atoms with van der Waals surface area (Å²) < 4.78 is 5.73. The van der Waals surface area contributed by atoms with Gasteiger partial charge in [-0.2, -0.15) is 0 Å². The van der Waals surface area contributed by atoms with E-state index in [2.05, 4.69) is 36.2 Å². The lowest BCUT2D eigenvalue weighted by Crippen LogP contribution is -2.28.